The smallest absolute Gasteiger partial charge is 0.188 e. The molecule has 0 saturated heterocycles. The number of hydrogen-bond donors (Lipinski definition) is 0. The van der Waals surface area contributed by atoms with Crippen LogP contribution in [-0.2, 0) is 16.1 Å². The Balaban J connectivity index is 2.20. The van der Waals surface area contributed by atoms with Crippen LogP contribution < -0.4 is 4.74 Å². The lowest BCUT2D eigenvalue weighted by molar-refractivity contribution is -0.125. The third-order valence-corrected chi connectivity index (χ3v) is 3.71. The van der Waals surface area contributed by atoms with Crippen molar-refractivity contribution in [3.8, 4) is 5.75 Å². The van der Waals surface area contributed by atoms with Crippen LogP contribution in [0.3, 0.4) is 0 Å². The van der Waals surface area contributed by atoms with Crippen LogP contribution in [0.5, 0.6) is 5.75 Å². The summed E-state index contributed by atoms with van der Waals surface area (Å²) in [7, 11) is 1.63. The maximum Gasteiger partial charge on any atom is 0.188 e. The molecule has 0 radical (unpaired) electrons. The van der Waals surface area contributed by atoms with Crippen LogP contribution in [0.4, 0.5) is 0 Å². The molecule has 0 heterocycles. The minimum absolute atomic E-state index is 0.448. The van der Waals surface area contributed by atoms with Crippen LogP contribution in [0.25, 0.3) is 0 Å². The quantitative estimate of drug-likeness (QED) is 0.676. The number of hydrogen-bond acceptors (Lipinski definition) is 3. The van der Waals surface area contributed by atoms with Gasteiger partial charge in [-0.3, -0.25) is 0 Å². The molecule has 0 spiro atoms. The molecule has 112 valence electrons. The number of benzene rings is 2. The third kappa shape index (κ3) is 4.30. The summed E-state index contributed by atoms with van der Waals surface area (Å²) in [5.74, 6) is 0.758. The number of halogens is 1. The Kier molecular flexibility index (Phi) is 6.23. The lowest BCUT2D eigenvalue weighted by Crippen LogP contribution is -2.10. The van der Waals surface area contributed by atoms with Gasteiger partial charge in [-0.05, 0) is 24.6 Å². The van der Waals surface area contributed by atoms with Crippen LogP contribution in [0, 0.1) is 0 Å². The van der Waals surface area contributed by atoms with E-state index in [0.717, 1.165) is 21.3 Å². The van der Waals surface area contributed by atoms with Gasteiger partial charge in [0.05, 0.1) is 5.56 Å². The highest BCUT2D eigenvalue weighted by atomic mass is 79.9. The van der Waals surface area contributed by atoms with E-state index in [1.807, 2.05) is 55.5 Å². The van der Waals surface area contributed by atoms with Crippen molar-refractivity contribution in [2.45, 2.75) is 19.8 Å². The molecule has 0 amide bonds. The van der Waals surface area contributed by atoms with Crippen LogP contribution in [-0.4, -0.2) is 13.7 Å². The Hall–Kier alpha value is -1.36. The zero-order valence-corrected chi connectivity index (χ0v) is 13.8. The zero-order chi connectivity index (χ0) is 15.1. The first-order valence-electron chi connectivity index (χ1n) is 6.85. The molecule has 0 saturated carbocycles. The first kappa shape index (κ1) is 16.0. The lowest BCUT2D eigenvalue weighted by atomic mass is 10.2. The molecule has 1 unspecified atom stereocenters. The summed E-state index contributed by atoms with van der Waals surface area (Å²) in [5.41, 5.74) is 1.99. The van der Waals surface area contributed by atoms with E-state index in [1.54, 1.807) is 7.11 Å². The van der Waals surface area contributed by atoms with E-state index >= 15 is 0 Å². The highest BCUT2D eigenvalue weighted by Gasteiger charge is 2.19. The Bertz CT molecular complexity index is 557. The van der Waals surface area contributed by atoms with Crippen molar-refractivity contribution in [3.05, 3.63) is 64.1 Å². The summed E-state index contributed by atoms with van der Waals surface area (Å²) in [6, 6.07) is 15.9. The third-order valence-electron chi connectivity index (χ3n) is 3.02. The number of methoxy groups -OCH3 is 1. The van der Waals surface area contributed by atoms with Gasteiger partial charge in [-0.25, -0.2) is 0 Å². The molecule has 3 nitrogen and oxygen atoms in total. The van der Waals surface area contributed by atoms with Gasteiger partial charge in [0.15, 0.2) is 6.29 Å². The maximum atomic E-state index is 5.94. The molecule has 21 heavy (non-hydrogen) atoms. The van der Waals surface area contributed by atoms with Gasteiger partial charge >= 0.3 is 0 Å². The van der Waals surface area contributed by atoms with E-state index in [-0.39, 0.29) is 0 Å². The molecule has 0 N–H and O–H groups in total. The van der Waals surface area contributed by atoms with Crippen molar-refractivity contribution in [2.75, 3.05) is 13.7 Å². The predicted octanol–water partition coefficient (Wildman–Crippen LogP) is 4.71. The second-order valence-corrected chi connectivity index (χ2v) is 5.30. The summed E-state index contributed by atoms with van der Waals surface area (Å²) < 4.78 is 17.9. The highest BCUT2D eigenvalue weighted by Crippen LogP contribution is 2.35. The standard InChI is InChI=1S/C17H19BrO3/c1-3-20-17(19-2)16-14(18)10-7-11-15(16)21-12-13-8-5-4-6-9-13/h4-11,17H,3,12H2,1-2H3. The molecular formula is C17H19BrO3. The molecule has 2 rings (SSSR count). The zero-order valence-electron chi connectivity index (χ0n) is 12.2. The summed E-state index contributed by atoms with van der Waals surface area (Å²) >= 11 is 3.54. The largest absolute Gasteiger partial charge is 0.488 e. The Morgan fingerprint density at radius 3 is 2.48 bits per heavy atom. The van der Waals surface area contributed by atoms with Crippen molar-refractivity contribution < 1.29 is 14.2 Å². The lowest BCUT2D eigenvalue weighted by Gasteiger charge is -2.20. The number of rotatable bonds is 7. The Labute approximate surface area is 134 Å². The topological polar surface area (TPSA) is 27.7 Å². The molecular weight excluding hydrogens is 332 g/mol. The number of ether oxygens (including phenoxy) is 3. The van der Waals surface area contributed by atoms with Crippen molar-refractivity contribution >= 4 is 15.9 Å². The van der Waals surface area contributed by atoms with Gasteiger partial charge in [-0.15, -0.1) is 0 Å². The first-order valence-corrected chi connectivity index (χ1v) is 7.65. The summed E-state index contributed by atoms with van der Waals surface area (Å²) in [4.78, 5) is 0. The van der Waals surface area contributed by atoms with E-state index in [9.17, 15) is 0 Å². The summed E-state index contributed by atoms with van der Waals surface area (Å²) in [5, 5.41) is 0. The van der Waals surface area contributed by atoms with Crippen molar-refractivity contribution in [1.82, 2.24) is 0 Å². The van der Waals surface area contributed by atoms with E-state index in [0.29, 0.717) is 13.2 Å². The molecule has 0 bridgehead atoms. The molecule has 0 aliphatic carbocycles. The molecule has 1 atom stereocenters. The maximum absolute atomic E-state index is 5.94. The fraction of sp³-hybridized carbons (Fsp3) is 0.294. The second-order valence-electron chi connectivity index (χ2n) is 4.45. The van der Waals surface area contributed by atoms with E-state index in [2.05, 4.69) is 15.9 Å². The van der Waals surface area contributed by atoms with E-state index in [1.165, 1.54) is 0 Å². The minimum Gasteiger partial charge on any atom is -0.488 e. The normalized spacial score (nSPS) is 12.1. The van der Waals surface area contributed by atoms with Gasteiger partial charge in [0.2, 0.25) is 0 Å². The molecule has 0 fully saturated rings. The Morgan fingerprint density at radius 1 is 1.05 bits per heavy atom. The average molecular weight is 351 g/mol. The molecule has 2 aromatic carbocycles. The summed E-state index contributed by atoms with van der Waals surface area (Å²) in [6.45, 7) is 3.01. The molecule has 0 aliphatic rings. The molecule has 0 aliphatic heterocycles. The van der Waals surface area contributed by atoms with Crippen LogP contribution >= 0.6 is 15.9 Å². The van der Waals surface area contributed by atoms with Crippen molar-refractivity contribution in [3.63, 3.8) is 0 Å². The average Bonchev–Trinajstić information content (AvgIpc) is 2.52. The second kappa shape index (κ2) is 8.17. The van der Waals surface area contributed by atoms with Crippen LogP contribution in [0.15, 0.2) is 53.0 Å². The van der Waals surface area contributed by atoms with Crippen molar-refractivity contribution in [2.24, 2.45) is 0 Å². The van der Waals surface area contributed by atoms with E-state index in [4.69, 9.17) is 14.2 Å². The Morgan fingerprint density at radius 2 is 1.81 bits per heavy atom. The van der Waals surface area contributed by atoms with Gasteiger partial charge in [0.25, 0.3) is 0 Å². The summed E-state index contributed by atoms with van der Waals surface area (Å²) in [6.07, 6.45) is -0.448. The van der Waals surface area contributed by atoms with Gasteiger partial charge in [0, 0.05) is 18.2 Å². The van der Waals surface area contributed by atoms with Crippen molar-refractivity contribution in [1.29, 1.82) is 0 Å². The van der Waals surface area contributed by atoms with Gasteiger partial charge < -0.3 is 14.2 Å². The SMILES string of the molecule is CCOC(OC)c1c(Br)cccc1OCc1ccccc1. The fourth-order valence-corrected chi connectivity index (χ4v) is 2.56. The van der Waals surface area contributed by atoms with Crippen LogP contribution in [0.1, 0.15) is 24.3 Å². The monoisotopic (exact) mass is 350 g/mol. The molecule has 2 aromatic rings. The van der Waals surface area contributed by atoms with Gasteiger partial charge in [-0.1, -0.05) is 52.3 Å². The van der Waals surface area contributed by atoms with Crippen LogP contribution in [0.2, 0.25) is 0 Å². The van der Waals surface area contributed by atoms with Gasteiger partial charge in [-0.2, -0.15) is 0 Å². The fourth-order valence-electron chi connectivity index (χ4n) is 2.03. The predicted molar refractivity (Wildman–Crippen MR) is 86.3 cm³/mol. The van der Waals surface area contributed by atoms with E-state index < -0.39 is 6.29 Å². The molecule has 0 aromatic heterocycles. The first-order chi connectivity index (χ1) is 10.3. The highest BCUT2D eigenvalue weighted by molar-refractivity contribution is 9.10. The minimum atomic E-state index is -0.448. The van der Waals surface area contributed by atoms with Gasteiger partial charge in [0.1, 0.15) is 12.4 Å². The molecule has 4 heteroatoms.